The number of nitrogens with one attached hydrogen (secondary N) is 6. The number of nitrogens with two attached hydrogens (primary N) is 1. The van der Waals surface area contributed by atoms with Crippen molar-refractivity contribution in [3.8, 4) is 0 Å². The van der Waals surface area contributed by atoms with Gasteiger partial charge < -0.3 is 62.4 Å². The number of fused-ring (bicyclic) bond motifs is 2. The molecule has 2 heterocycles. The summed E-state index contributed by atoms with van der Waals surface area (Å²) in [6.45, 7) is 0. The van der Waals surface area contributed by atoms with Gasteiger partial charge in [-0.05, 0) is 158 Å². The molecule has 0 aliphatic rings. The number of pyridine rings is 2. The highest BCUT2D eigenvalue weighted by molar-refractivity contribution is 6.05. The molecule has 0 spiro atoms. The van der Waals surface area contributed by atoms with Crippen LogP contribution in [0.4, 0.5) is 68.2 Å². The summed E-state index contributed by atoms with van der Waals surface area (Å²) in [6.07, 6.45) is 3.35. The van der Waals surface area contributed by atoms with E-state index in [4.69, 9.17) is 5.73 Å². The summed E-state index contributed by atoms with van der Waals surface area (Å²) >= 11 is 0. The second-order valence-electron chi connectivity index (χ2n) is 15.9. The second kappa shape index (κ2) is 23.7. The van der Waals surface area contributed by atoms with Crippen LogP contribution >= 0.6 is 0 Å². The van der Waals surface area contributed by atoms with E-state index in [1.165, 1.54) is 12.1 Å². The second-order valence-corrected chi connectivity index (χ2v) is 15.9. The number of nitro benzene ring substituents is 1. The monoisotopic (exact) mass is 990 g/mol. The maximum atomic E-state index is 12.7. The molecule has 10 aromatic rings. The molecule has 0 unspecified atom stereocenters. The maximum absolute atomic E-state index is 12.7. The van der Waals surface area contributed by atoms with Crippen molar-refractivity contribution in [2.75, 3.05) is 37.6 Å². The van der Waals surface area contributed by atoms with E-state index in [0.29, 0.717) is 28.0 Å². The van der Waals surface area contributed by atoms with Crippen molar-refractivity contribution in [2.45, 2.75) is 0 Å². The van der Waals surface area contributed by atoms with Crippen molar-refractivity contribution < 1.29 is 39.3 Å². The number of aromatic nitrogens is 2. The molecule has 0 fully saturated rings. The van der Waals surface area contributed by atoms with E-state index in [1.54, 1.807) is 60.9 Å². The molecular weight excluding hydrogens is 948 g/mol. The van der Waals surface area contributed by atoms with Gasteiger partial charge in [-0.2, -0.15) is 0 Å². The number of carbonyl (C=O) groups is 2. The number of rotatable bonds is 13. The highest BCUT2D eigenvalue weighted by Gasteiger charge is 2.12. The number of nitro groups is 1. The van der Waals surface area contributed by atoms with Crippen molar-refractivity contribution in [2.24, 2.45) is 0 Å². The highest BCUT2D eigenvalue weighted by Crippen LogP contribution is 2.30. The molecule has 0 aliphatic carbocycles. The molecule has 8 N–H and O–H groups in total. The Labute approximate surface area is 426 Å². The predicted molar refractivity (Wildman–Crippen MR) is 282 cm³/mol. The Morgan fingerprint density at radius 1 is 0.417 bits per heavy atom. The van der Waals surface area contributed by atoms with E-state index in [1.807, 2.05) is 146 Å². The van der Waals surface area contributed by atoms with Crippen LogP contribution in [-0.4, -0.2) is 26.7 Å². The van der Waals surface area contributed by atoms with Crippen LogP contribution in [-0.2, 0) is 0 Å². The Bertz CT molecular complexity index is 3450. The molecular formula is C56H44Cl2N10O4-2. The fraction of sp³-hybridized carbons (Fsp3) is 0. The van der Waals surface area contributed by atoms with Gasteiger partial charge in [0.15, 0.2) is 0 Å². The van der Waals surface area contributed by atoms with E-state index >= 15 is 0 Å². The summed E-state index contributed by atoms with van der Waals surface area (Å²) in [5, 5.41) is 31.9. The van der Waals surface area contributed by atoms with Gasteiger partial charge in [0.25, 0.3) is 17.5 Å². The Morgan fingerprint density at radius 2 is 0.778 bits per heavy atom. The molecule has 14 nitrogen and oxygen atoms in total. The number of halogens is 2. The lowest BCUT2D eigenvalue weighted by molar-refractivity contribution is -0.384. The van der Waals surface area contributed by atoms with E-state index in [-0.39, 0.29) is 42.3 Å². The fourth-order valence-electron chi connectivity index (χ4n) is 7.41. The molecule has 0 radical (unpaired) electrons. The molecule has 2 aromatic heterocycles. The van der Waals surface area contributed by atoms with Gasteiger partial charge in [-0.15, -0.1) is 0 Å². The van der Waals surface area contributed by atoms with Crippen LogP contribution in [0.1, 0.15) is 20.7 Å². The summed E-state index contributed by atoms with van der Waals surface area (Å²) in [4.78, 5) is 44.5. The van der Waals surface area contributed by atoms with Gasteiger partial charge in [-0.1, -0.05) is 36.4 Å². The Hall–Kier alpha value is -9.50. The van der Waals surface area contributed by atoms with Gasteiger partial charge in [0.2, 0.25) is 0 Å². The van der Waals surface area contributed by atoms with Crippen molar-refractivity contribution in [3.05, 3.63) is 240 Å². The van der Waals surface area contributed by atoms with Crippen LogP contribution in [0.15, 0.2) is 219 Å². The number of para-hydroxylation sites is 2. The third kappa shape index (κ3) is 13.0. The average Bonchev–Trinajstić information content (AvgIpc) is 3.38. The van der Waals surface area contributed by atoms with E-state index < -0.39 is 4.92 Å². The van der Waals surface area contributed by atoms with Gasteiger partial charge in [0, 0.05) is 109 Å². The summed E-state index contributed by atoms with van der Waals surface area (Å²) in [6, 6.07) is 63.2. The van der Waals surface area contributed by atoms with E-state index in [0.717, 1.165) is 67.5 Å². The minimum atomic E-state index is -0.440. The molecule has 10 rings (SSSR count). The number of hydrogen-bond donors (Lipinski definition) is 7. The fourth-order valence-corrected chi connectivity index (χ4v) is 7.41. The predicted octanol–water partition coefficient (Wildman–Crippen LogP) is 7.45. The molecule has 2 amide bonds. The maximum Gasteiger partial charge on any atom is 0.271 e. The molecule has 72 heavy (non-hydrogen) atoms. The Morgan fingerprint density at radius 3 is 1.21 bits per heavy atom. The van der Waals surface area contributed by atoms with Crippen LogP contribution in [0.2, 0.25) is 0 Å². The number of anilines is 11. The lowest BCUT2D eigenvalue weighted by Gasteiger charge is -2.11. The third-order valence-electron chi connectivity index (χ3n) is 11.0. The molecule has 0 bridgehead atoms. The first-order valence-electron chi connectivity index (χ1n) is 22.1. The van der Waals surface area contributed by atoms with Gasteiger partial charge in [-0.25, -0.2) is 0 Å². The minimum Gasteiger partial charge on any atom is -1.00 e. The first-order chi connectivity index (χ1) is 34.2. The minimum absolute atomic E-state index is 0. The largest absolute Gasteiger partial charge is 1.00 e. The van der Waals surface area contributed by atoms with Gasteiger partial charge in [0.1, 0.15) is 0 Å². The van der Waals surface area contributed by atoms with E-state index in [2.05, 4.69) is 41.9 Å². The summed E-state index contributed by atoms with van der Waals surface area (Å²) in [5.41, 5.74) is 17.6. The molecule has 0 aliphatic heterocycles. The Balaban J connectivity index is 0.000000206. The Kier molecular flexibility index (Phi) is 16.6. The standard InChI is InChI=1S/C28H21N5O3.C28H23N5O.2ClH/c34-28(19-6-8-21(9-7-19)30-20-4-2-1-3-5-20)32-23-12-10-22(11-13-23)31-26-16-17-29-27-18-24(33(35)36)14-15-25(26)27;29-20-8-15-25-26(16-17-30-27(25)18-20)32-23-11-13-24(14-12-23)33-28(34)19-6-9-22(10-7-19)31-21-4-2-1-3-5-21;;/h1-18,30H,(H,29,31)(H,32,34);1-18,31H,29H2,(H,30,32)(H,33,34);2*1H/p-2. The zero-order chi connectivity index (χ0) is 48.2. The average molecular weight is 992 g/mol. The number of amides is 2. The number of hydrogen-bond acceptors (Lipinski definition) is 11. The van der Waals surface area contributed by atoms with Crippen molar-refractivity contribution in [1.29, 1.82) is 0 Å². The van der Waals surface area contributed by atoms with Crippen molar-refractivity contribution in [1.82, 2.24) is 9.97 Å². The first kappa shape index (κ1) is 50.4. The topological polar surface area (TPSA) is 201 Å². The molecule has 16 heteroatoms. The third-order valence-corrected chi connectivity index (χ3v) is 11.0. The summed E-state index contributed by atoms with van der Waals surface area (Å²) in [7, 11) is 0. The molecule has 8 aromatic carbocycles. The highest BCUT2D eigenvalue weighted by atomic mass is 35.5. The zero-order valence-corrected chi connectivity index (χ0v) is 39.6. The SMILES string of the molecule is Nc1ccc2c(Nc3ccc(NC(=O)c4ccc(Nc5ccccc5)cc4)cc3)ccnc2c1.O=C(Nc1ccc(Nc2ccnc3cc([N+](=O)[O-])ccc23)cc1)c1ccc(Nc2ccccc2)cc1.[Cl-].[Cl-]. The van der Waals surface area contributed by atoms with Crippen LogP contribution in [0.5, 0.6) is 0 Å². The summed E-state index contributed by atoms with van der Waals surface area (Å²) < 4.78 is 0. The number of nitrogen functional groups attached to an aromatic ring is 1. The lowest BCUT2D eigenvalue weighted by atomic mass is 10.1. The molecule has 0 saturated carbocycles. The zero-order valence-electron chi connectivity index (χ0n) is 38.1. The van der Waals surface area contributed by atoms with Crippen LogP contribution < -0.4 is 62.4 Å². The van der Waals surface area contributed by atoms with Crippen molar-refractivity contribution >= 4 is 102 Å². The molecule has 0 atom stereocenters. The van der Waals surface area contributed by atoms with Gasteiger partial charge in [-0.3, -0.25) is 29.7 Å². The van der Waals surface area contributed by atoms with Crippen molar-refractivity contribution in [3.63, 3.8) is 0 Å². The quantitative estimate of drug-likeness (QED) is 0.0344. The van der Waals surface area contributed by atoms with E-state index in [9.17, 15) is 19.7 Å². The number of benzene rings is 8. The number of carbonyl (C=O) groups excluding carboxylic acids is 2. The first-order valence-corrected chi connectivity index (χ1v) is 22.1. The smallest absolute Gasteiger partial charge is 0.271 e. The number of non-ortho nitro benzene ring substituents is 1. The number of nitrogens with zero attached hydrogens (tertiary/aromatic N) is 3. The van der Waals surface area contributed by atoms with Gasteiger partial charge in [0.05, 0.1) is 16.0 Å². The van der Waals surface area contributed by atoms with Crippen LogP contribution in [0.3, 0.4) is 0 Å². The normalized spacial score (nSPS) is 10.3. The lowest BCUT2D eigenvalue weighted by Crippen LogP contribution is -3.00. The van der Waals surface area contributed by atoms with Gasteiger partial charge >= 0.3 is 0 Å². The molecule has 358 valence electrons. The summed E-state index contributed by atoms with van der Waals surface area (Å²) in [5.74, 6) is -0.367. The molecule has 0 saturated heterocycles. The van der Waals surface area contributed by atoms with Crippen LogP contribution in [0, 0.1) is 10.1 Å². The van der Waals surface area contributed by atoms with Crippen LogP contribution in [0.25, 0.3) is 21.8 Å².